The Labute approximate surface area is 177 Å². The molecule has 2 aromatic carbocycles. The number of alkyl halides is 3. The maximum Gasteiger partial charge on any atom is 0.431 e. The van der Waals surface area contributed by atoms with E-state index in [1.54, 1.807) is 11.1 Å². The number of aromatic nitrogens is 2. The lowest BCUT2D eigenvalue weighted by atomic mass is 10.1. The van der Waals surface area contributed by atoms with Crippen LogP contribution in [0.3, 0.4) is 0 Å². The van der Waals surface area contributed by atoms with Crippen LogP contribution in [-0.4, -0.2) is 9.97 Å². The van der Waals surface area contributed by atoms with Crippen LogP contribution in [0.5, 0.6) is 5.75 Å². The van der Waals surface area contributed by atoms with Crippen molar-refractivity contribution in [1.82, 2.24) is 9.97 Å². The predicted molar refractivity (Wildman–Crippen MR) is 106 cm³/mol. The third-order valence-electron chi connectivity index (χ3n) is 3.87. The second kappa shape index (κ2) is 8.89. The van der Waals surface area contributed by atoms with Gasteiger partial charge in [0.1, 0.15) is 23.9 Å². The van der Waals surface area contributed by atoms with E-state index in [0.717, 1.165) is 0 Å². The Morgan fingerprint density at radius 2 is 1.83 bits per heavy atom. The van der Waals surface area contributed by atoms with Gasteiger partial charge in [-0.3, -0.25) is 0 Å². The SMILES string of the molecule is O=c1nc(/C=C/c2cc(Cl)cc(Cl)c2OCc2ccccc2F)cc(C(F)(F)F)[nH]1. The highest BCUT2D eigenvalue weighted by atomic mass is 35.5. The Morgan fingerprint density at radius 1 is 1.10 bits per heavy atom. The molecule has 0 bridgehead atoms. The van der Waals surface area contributed by atoms with Gasteiger partial charge in [-0.1, -0.05) is 41.4 Å². The number of benzene rings is 2. The first-order valence-corrected chi connectivity index (χ1v) is 9.11. The molecule has 4 nitrogen and oxygen atoms in total. The van der Waals surface area contributed by atoms with Gasteiger partial charge in [-0.2, -0.15) is 18.2 Å². The average molecular weight is 459 g/mol. The predicted octanol–water partition coefficient (Wildman–Crippen LogP) is 5.98. The molecule has 1 heterocycles. The van der Waals surface area contributed by atoms with Crippen molar-refractivity contribution in [3.05, 3.63) is 91.3 Å². The molecular formula is C20H12Cl2F4N2O2. The van der Waals surface area contributed by atoms with Crippen molar-refractivity contribution in [2.45, 2.75) is 12.8 Å². The van der Waals surface area contributed by atoms with Gasteiger partial charge in [-0.25, -0.2) is 9.18 Å². The van der Waals surface area contributed by atoms with E-state index in [1.165, 1.54) is 42.5 Å². The molecule has 30 heavy (non-hydrogen) atoms. The molecule has 0 spiro atoms. The highest BCUT2D eigenvalue weighted by Crippen LogP contribution is 2.34. The second-order valence-electron chi connectivity index (χ2n) is 6.04. The molecule has 0 fully saturated rings. The number of nitrogens with zero attached hydrogens (tertiary/aromatic N) is 1. The van der Waals surface area contributed by atoms with Crippen LogP contribution in [0.4, 0.5) is 17.6 Å². The van der Waals surface area contributed by atoms with Crippen LogP contribution < -0.4 is 10.4 Å². The highest BCUT2D eigenvalue weighted by molar-refractivity contribution is 6.36. The molecule has 0 saturated heterocycles. The van der Waals surface area contributed by atoms with E-state index in [4.69, 9.17) is 27.9 Å². The third kappa shape index (κ3) is 5.40. The van der Waals surface area contributed by atoms with Crippen LogP contribution in [0.25, 0.3) is 12.2 Å². The standard InChI is InChI=1S/C20H12Cl2F4N2O2/c21-13-7-11(5-6-14-9-17(20(24,25)26)28-19(29)27-14)18(15(22)8-13)30-10-12-3-1-2-4-16(12)23/h1-9H,10H2,(H,27,28,29)/b6-5+. The summed E-state index contributed by atoms with van der Waals surface area (Å²) >= 11 is 12.2. The molecule has 10 heteroatoms. The summed E-state index contributed by atoms with van der Waals surface area (Å²) in [7, 11) is 0. The van der Waals surface area contributed by atoms with Crippen molar-refractivity contribution >= 4 is 35.4 Å². The van der Waals surface area contributed by atoms with E-state index in [-0.39, 0.29) is 33.7 Å². The fourth-order valence-electron chi connectivity index (χ4n) is 2.51. The largest absolute Gasteiger partial charge is 0.487 e. The molecule has 1 N–H and O–H groups in total. The Morgan fingerprint density at radius 3 is 2.53 bits per heavy atom. The topological polar surface area (TPSA) is 55.0 Å². The zero-order valence-corrected chi connectivity index (χ0v) is 16.4. The van der Waals surface area contributed by atoms with Crippen LogP contribution in [0.2, 0.25) is 10.0 Å². The van der Waals surface area contributed by atoms with Gasteiger partial charge in [0.05, 0.1) is 10.7 Å². The lowest BCUT2D eigenvalue weighted by Crippen LogP contribution is -2.19. The monoisotopic (exact) mass is 458 g/mol. The molecule has 0 saturated carbocycles. The first-order valence-electron chi connectivity index (χ1n) is 8.35. The maximum absolute atomic E-state index is 13.8. The summed E-state index contributed by atoms with van der Waals surface area (Å²) in [6, 6.07) is 9.54. The van der Waals surface area contributed by atoms with Gasteiger partial charge in [0.2, 0.25) is 0 Å². The van der Waals surface area contributed by atoms with Gasteiger partial charge in [0.15, 0.2) is 0 Å². The number of hydrogen-bond acceptors (Lipinski definition) is 3. The van der Waals surface area contributed by atoms with Crippen LogP contribution in [0.15, 0.2) is 47.3 Å². The van der Waals surface area contributed by atoms with Crippen molar-refractivity contribution < 1.29 is 22.3 Å². The van der Waals surface area contributed by atoms with Gasteiger partial charge in [-0.05, 0) is 36.4 Å². The highest BCUT2D eigenvalue weighted by Gasteiger charge is 2.32. The molecule has 0 aliphatic heterocycles. The van der Waals surface area contributed by atoms with E-state index in [2.05, 4.69) is 4.98 Å². The van der Waals surface area contributed by atoms with Crippen LogP contribution in [0.1, 0.15) is 22.5 Å². The van der Waals surface area contributed by atoms with Crippen molar-refractivity contribution in [2.24, 2.45) is 0 Å². The first-order chi connectivity index (χ1) is 14.1. The fourth-order valence-corrected chi connectivity index (χ4v) is 3.08. The zero-order valence-electron chi connectivity index (χ0n) is 14.9. The molecule has 0 radical (unpaired) electrons. The van der Waals surface area contributed by atoms with Gasteiger partial charge in [-0.15, -0.1) is 0 Å². The van der Waals surface area contributed by atoms with Gasteiger partial charge in [0.25, 0.3) is 0 Å². The smallest absolute Gasteiger partial charge is 0.431 e. The Kier molecular flexibility index (Phi) is 6.48. The second-order valence-corrected chi connectivity index (χ2v) is 6.89. The fraction of sp³-hybridized carbons (Fsp3) is 0.100. The van der Waals surface area contributed by atoms with E-state index in [1.807, 2.05) is 0 Å². The Balaban J connectivity index is 1.93. The molecule has 0 amide bonds. The normalized spacial score (nSPS) is 11.8. The molecule has 0 aliphatic rings. The van der Waals surface area contributed by atoms with Crippen molar-refractivity contribution in [3.8, 4) is 5.75 Å². The number of ether oxygens (including phenoxy) is 1. The molecular weight excluding hydrogens is 447 g/mol. The lowest BCUT2D eigenvalue weighted by molar-refractivity contribution is -0.141. The summed E-state index contributed by atoms with van der Waals surface area (Å²) < 4.78 is 58.1. The van der Waals surface area contributed by atoms with Crippen LogP contribution in [0, 0.1) is 5.82 Å². The van der Waals surface area contributed by atoms with Gasteiger partial charge in [0, 0.05) is 16.1 Å². The van der Waals surface area contributed by atoms with Crippen LogP contribution in [-0.2, 0) is 12.8 Å². The van der Waals surface area contributed by atoms with E-state index in [0.29, 0.717) is 11.6 Å². The molecule has 3 rings (SSSR count). The number of halogens is 6. The zero-order chi connectivity index (χ0) is 21.9. The minimum absolute atomic E-state index is 0.119. The number of hydrogen-bond donors (Lipinski definition) is 1. The number of H-pyrrole nitrogens is 1. The lowest BCUT2D eigenvalue weighted by Gasteiger charge is -2.12. The minimum atomic E-state index is -4.74. The molecule has 156 valence electrons. The summed E-state index contributed by atoms with van der Waals surface area (Å²) in [5, 5.41) is 0.362. The number of rotatable bonds is 5. The van der Waals surface area contributed by atoms with Gasteiger partial charge < -0.3 is 9.72 Å². The molecule has 1 aromatic heterocycles. The van der Waals surface area contributed by atoms with Crippen molar-refractivity contribution in [3.63, 3.8) is 0 Å². The molecule has 3 aromatic rings. The van der Waals surface area contributed by atoms with E-state index >= 15 is 0 Å². The van der Waals surface area contributed by atoms with Crippen molar-refractivity contribution in [2.75, 3.05) is 0 Å². The molecule has 0 aliphatic carbocycles. The first kappa shape index (κ1) is 21.9. The molecule has 0 unspecified atom stereocenters. The van der Waals surface area contributed by atoms with E-state index in [9.17, 15) is 22.4 Å². The van der Waals surface area contributed by atoms with Crippen molar-refractivity contribution in [1.29, 1.82) is 0 Å². The average Bonchev–Trinajstić information content (AvgIpc) is 2.65. The maximum atomic E-state index is 13.8. The summed E-state index contributed by atoms with van der Waals surface area (Å²) in [6.07, 6.45) is -2.21. The summed E-state index contributed by atoms with van der Waals surface area (Å²) in [4.78, 5) is 16.6. The third-order valence-corrected chi connectivity index (χ3v) is 4.37. The minimum Gasteiger partial charge on any atom is -0.487 e. The van der Waals surface area contributed by atoms with E-state index < -0.39 is 23.4 Å². The quantitative estimate of drug-likeness (QED) is 0.478. The number of nitrogens with one attached hydrogen (secondary N) is 1. The molecule has 0 atom stereocenters. The van der Waals surface area contributed by atoms with Gasteiger partial charge >= 0.3 is 11.9 Å². The summed E-state index contributed by atoms with van der Waals surface area (Å²) in [6.45, 7) is -0.143. The summed E-state index contributed by atoms with van der Waals surface area (Å²) in [5.41, 5.74) is -2.03. The Bertz CT molecular complexity index is 1160. The Hall–Kier alpha value is -2.84. The van der Waals surface area contributed by atoms with Crippen LogP contribution >= 0.6 is 23.2 Å². The number of aromatic amines is 1. The summed E-state index contributed by atoms with van der Waals surface area (Å²) in [5.74, 6) is -0.325.